The Morgan fingerprint density at radius 2 is 1.97 bits per heavy atom. The fraction of sp³-hybridized carbons (Fsp3) is 0.565. The van der Waals surface area contributed by atoms with E-state index in [0.29, 0.717) is 11.8 Å². The van der Waals surface area contributed by atoms with Crippen molar-refractivity contribution in [1.82, 2.24) is 14.8 Å². The van der Waals surface area contributed by atoms with Crippen LogP contribution in [0.5, 0.6) is 0 Å². The Morgan fingerprint density at radius 1 is 1.21 bits per heavy atom. The molecule has 156 valence electrons. The second kappa shape index (κ2) is 9.26. The van der Waals surface area contributed by atoms with Gasteiger partial charge in [0.2, 0.25) is 5.91 Å². The molecule has 1 aliphatic heterocycles. The molecule has 1 N–H and O–H groups in total. The first-order chi connectivity index (χ1) is 14.1. The standard InChI is InChI=1S/C23H32N4OS/c1-3-20-15-24-23(29-20)25-21-10-6-9-19(17(21)2)16-26-11-13-27(14-12-26)22(28)18-7-4-5-8-18/h6,9-10,15,18H,3-5,7-8,11-14,16H2,1-2H3,(H,24,25). The molecule has 6 heteroatoms. The molecule has 5 nitrogen and oxygen atoms in total. The van der Waals surface area contributed by atoms with Gasteiger partial charge in [0.15, 0.2) is 5.13 Å². The Labute approximate surface area is 178 Å². The third kappa shape index (κ3) is 4.81. The molecule has 0 unspecified atom stereocenters. The summed E-state index contributed by atoms with van der Waals surface area (Å²) in [4.78, 5) is 23.0. The van der Waals surface area contributed by atoms with Crippen molar-refractivity contribution in [2.45, 2.75) is 52.5 Å². The predicted molar refractivity (Wildman–Crippen MR) is 120 cm³/mol. The molecule has 2 aromatic rings. The number of carbonyl (C=O) groups is 1. The molecule has 0 radical (unpaired) electrons. The molecule has 2 fully saturated rings. The Hall–Kier alpha value is -1.92. The summed E-state index contributed by atoms with van der Waals surface area (Å²) in [5.41, 5.74) is 3.76. The minimum absolute atomic E-state index is 0.297. The van der Waals surface area contributed by atoms with Gasteiger partial charge in [-0.1, -0.05) is 31.9 Å². The van der Waals surface area contributed by atoms with Crippen LogP contribution in [-0.2, 0) is 17.8 Å². The van der Waals surface area contributed by atoms with Crippen LogP contribution in [-0.4, -0.2) is 46.9 Å². The molecule has 1 saturated carbocycles. The SMILES string of the molecule is CCc1cnc(Nc2cccc(CN3CCN(C(=O)C4CCCC4)CC3)c2C)s1. The van der Waals surface area contributed by atoms with Crippen LogP contribution in [0.4, 0.5) is 10.8 Å². The van der Waals surface area contributed by atoms with Gasteiger partial charge >= 0.3 is 0 Å². The molecule has 1 aromatic carbocycles. The van der Waals surface area contributed by atoms with Crippen LogP contribution in [0.25, 0.3) is 0 Å². The van der Waals surface area contributed by atoms with Gasteiger partial charge in [-0.05, 0) is 43.4 Å². The average molecular weight is 413 g/mol. The van der Waals surface area contributed by atoms with Crippen LogP contribution < -0.4 is 5.32 Å². The van der Waals surface area contributed by atoms with E-state index in [2.05, 4.69) is 52.1 Å². The number of benzene rings is 1. The lowest BCUT2D eigenvalue weighted by atomic mass is 10.0. The number of hydrogen-bond donors (Lipinski definition) is 1. The second-order valence-corrected chi connectivity index (χ2v) is 9.40. The van der Waals surface area contributed by atoms with E-state index in [1.54, 1.807) is 11.3 Å². The second-order valence-electron chi connectivity index (χ2n) is 8.28. The van der Waals surface area contributed by atoms with Crippen molar-refractivity contribution in [3.05, 3.63) is 40.4 Å². The van der Waals surface area contributed by atoms with E-state index in [4.69, 9.17) is 0 Å². The highest BCUT2D eigenvalue weighted by molar-refractivity contribution is 7.15. The van der Waals surface area contributed by atoms with Gasteiger partial charge < -0.3 is 10.2 Å². The van der Waals surface area contributed by atoms with E-state index in [1.807, 2.05) is 6.20 Å². The average Bonchev–Trinajstić information content (AvgIpc) is 3.43. The molecular formula is C23H32N4OS. The maximum absolute atomic E-state index is 12.7. The van der Waals surface area contributed by atoms with Gasteiger partial charge in [0.25, 0.3) is 0 Å². The normalized spacial score (nSPS) is 18.3. The molecule has 1 aromatic heterocycles. The van der Waals surface area contributed by atoms with Gasteiger partial charge in [0.05, 0.1) is 0 Å². The van der Waals surface area contributed by atoms with Crippen molar-refractivity contribution >= 4 is 28.1 Å². The van der Waals surface area contributed by atoms with E-state index in [0.717, 1.165) is 62.8 Å². The van der Waals surface area contributed by atoms with Crippen LogP contribution in [0.1, 0.15) is 48.6 Å². The van der Waals surface area contributed by atoms with Crippen LogP contribution >= 0.6 is 11.3 Å². The minimum atomic E-state index is 0.297. The number of thiazole rings is 1. The van der Waals surface area contributed by atoms with Gasteiger partial charge in [0.1, 0.15) is 0 Å². The van der Waals surface area contributed by atoms with Crippen LogP contribution in [0.15, 0.2) is 24.4 Å². The van der Waals surface area contributed by atoms with Crippen molar-refractivity contribution < 1.29 is 4.79 Å². The van der Waals surface area contributed by atoms with E-state index in [-0.39, 0.29) is 0 Å². The molecule has 1 saturated heterocycles. The fourth-order valence-corrected chi connectivity index (χ4v) is 5.20. The Kier molecular flexibility index (Phi) is 6.50. The van der Waals surface area contributed by atoms with Crippen molar-refractivity contribution in [3.63, 3.8) is 0 Å². The Balaban J connectivity index is 1.34. The summed E-state index contributed by atoms with van der Waals surface area (Å²) in [5.74, 6) is 0.699. The lowest BCUT2D eigenvalue weighted by Gasteiger charge is -2.36. The van der Waals surface area contributed by atoms with E-state index in [9.17, 15) is 4.79 Å². The molecule has 29 heavy (non-hydrogen) atoms. The van der Waals surface area contributed by atoms with Crippen molar-refractivity contribution in [3.8, 4) is 0 Å². The first-order valence-electron chi connectivity index (χ1n) is 11.0. The van der Waals surface area contributed by atoms with Gasteiger partial charge in [-0.3, -0.25) is 9.69 Å². The van der Waals surface area contributed by atoms with Crippen molar-refractivity contribution in [2.75, 3.05) is 31.5 Å². The number of rotatable bonds is 6. The van der Waals surface area contributed by atoms with Crippen LogP contribution in [0.3, 0.4) is 0 Å². The highest BCUT2D eigenvalue weighted by Crippen LogP contribution is 2.29. The number of carbonyl (C=O) groups excluding carboxylic acids is 1. The maximum Gasteiger partial charge on any atom is 0.225 e. The number of nitrogens with zero attached hydrogens (tertiary/aromatic N) is 3. The summed E-state index contributed by atoms with van der Waals surface area (Å²) in [6, 6.07) is 6.47. The first kappa shape index (κ1) is 20.4. The maximum atomic E-state index is 12.7. The summed E-state index contributed by atoms with van der Waals surface area (Å²) in [5, 5.41) is 4.45. The zero-order valence-electron chi connectivity index (χ0n) is 17.6. The first-order valence-corrected chi connectivity index (χ1v) is 11.8. The minimum Gasteiger partial charge on any atom is -0.340 e. The topological polar surface area (TPSA) is 48.5 Å². The third-order valence-electron chi connectivity index (χ3n) is 6.37. The smallest absolute Gasteiger partial charge is 0.225 e. The summed E-state index contributed by atoms with van der Waals surface area (Å²) < 4.78 is 0. The molecule has 0 bridgehead atoms. The molecule has 2 aliphatic rings. The molecule has 4 rings (SSSR count). The zero-order valence-corrected chi connectivity index (χ0v) is 18.4. The summed E-state index contributed by atoms with van der Waals surface area (Å²) in [6.45, 7) is 8.93. The number of nitrogens with one attached hydrogen (secondary N) is 1. The van der Waals surface area contributed by atoms with E-state index < -0.39 is 0 Å². The number of aromatic nitrogens is 1. The largest absolute Gasteiger partial charge is 0.340 e. The molecular weight excluding hydrogens is 380 g/mol. The highest BCUT2D eigenvalue weighted by Gasteiger charge is 2.29. The van der Waals surface area contributed by atoms with Gasteiger partial charge in [0, 0.05) is 55.4 Å². The number of anilines is 2. The number of amides is 1. The Morgan fingerprint density at radius 3 is 2.66 bits per heavy atom. The van der Waals surface area contributed by atoms with Crippen molar-refractivity contribution in [2.24, 2.45) is 5.92 Å². The molecule has 0 atom stereocenters. The lowest BCUT2D eigenvalue weighted by Crippen LogP contribution is -2.49. The Bertz CT molecular complexity index is 835. The van der Waals surface area contributed by atoms with Gasteiger partial charge in [-0.25, -0.2) is 4.98 Å². The van der Waals surface area contributed by atoms with Crippen LogP contribution in [0, 0.1) is 12.8 Å². The van der Waals surface area contributed by atoms with E-state index >= 15 is 0 Å². The van der Waals surface area contributed by atoms with Crippen LogP contribution in [0.2, 0.25) is 0 Å². The summed E-state index contributed by atoms with van der Waals surface area (Å²) in [6.07, 6.45) is 7.61. The number of piperazine rings is 1. The van der Waals surface area contributed by atoms with E-state index in [1.165, 1.54) is 28.8 Å². The molecule has 1 amide bonds. The lowest BCUT2D eigenvalue weighted by molar-refractivity contribution is -0.137. The molecule has 0 spiro atoms. The summed E-state index contributed by atoms with van der Waals surface area (Å²) >= 11 is 1.72. The number of hydrogen-bond acceptors (Lipinski definition) is 5. The third-order valence-corrected chi connectivity index (χ3v) is 7.43. The van der Waals surface area contributed by atoms with Gasteiger partial charge in [-0.2, -0.15) is 0 Å². The quantitative estimate of drug-likeness (QED) is 0.754. The highest BCUT2D eigenvalue weighted by atomic mass is 32.1. The van der Waals surface area contributed by atoms with Crippen molar-refractivity contribution in [1.29, 1.82) is 0 Å². The zero-order chi connectivity index (χ0) is 20.2. The van der Waals surface area contributed by atoms with Gasteiger partial charge in [-0.15, -0.1) is 11.3 Å². The number of aryl methyl sites for hydroxylation is 1. The molecule has 1 aliphatic carbocycles. The fourth-order valence-electron chi connectivity index (χ4n) is 4.43. The summed E-state index contributed by atoms with van der Waals surface area (Å²) in [7, 11) is 0. The predicted octanol–water partition coefficient (Wildman–Crippen LogP) is 4.59. The monoisotopic (exact) mass is 412 g/mol. The molecule has 2 heterocycles.